The Morgan fingerprint density at radius 3 is 2.65 bits per heavy atom. The SMILES string of the molecule is CC1CCN(C(=O)NC2(c3cccc(F)c3)CC2)CC1. The fourth-order valence-corrected chi connectivity index (χ4v) is 2.89. The van der Waals surface area contributed by atoms with Crippen molar-refractivity contribution in [3.05, 3.63) is 35.6 Å². The molecule has 0 aromatic heterocycles. The number of likely N-dealkylation sites (tertiary alicyclic amines) is 1. The molecule has 1 aromatic carbocycles. The van der Waals surface area contributed by atoms with Crippen LogP contribution in [0.4, 0.5) is 9.18 Å². The lowest BCUT2D eigenvalue weighted by Crippen LogP contribution is -2.47. The van der Waals surface area contributed by atoms with Crippen LogP contribution in [0.25, 0.3) is 0 Å². The minimum atomic E-state index is -0.331. The minimum Gasteiger partial charge on any atom is -0.328 e. The van der Waals surface area contributed by atoms with Crippen molar-refractivity contribution in [3.63, 3.8) is 0 Å². The van der Waals surface area contributed by atoms with Crippen molar-refractivity contribution in [1.29, 1.82) is 0 Å². The van der Waals surface area contributed by atoms with Crippen LogP contribution in [0.15, 0.2) is 24.3 Å². The molecule has 108 valence electrons. The number of urea groups is 1. The predicted octanol–water partition coefficient (Wildman–Crippen LogP) is 3.26. The maximum atomic E-state index is 13.3. The van der Waals surface area contributed by atoms with E-state index >= 15 is 0 Å². The summed E-state index contributed by atoms with van der Waals surface area (Å²) in [4.78, 5) is 14.2. The highest BCUT2D eigenvalue weighted by Crippen LogP contribution is 2.45. The first-order valence-electron chi connectivity index (χ1n) is 7.42. The Kier molecular flexibility index (Phi) is 3.40. The molecule has 2 fully saturated rings. The van der Waals surface area contributed by atoms with Crippen LogP contribution < -0.4 is 5.32 Å². The van der Waals surface area contributed by atoms with E-state index in [0.717, 1.165) is 44.3 Å². The number of piperidine rings is 1. The van der Waals surface area contributed by atoms with Gasteiger partial charge in [-0.25, -0.2) is 9.18 Å². The molecule has 20 heavy (non-hydrogen) atoms. The van der Waals surface area contributed by atoms with E-state index in [9.17, 15) is 9.18 Å². The number of carbonyl (C=O) groups is 1. The van der Waals surface area contributed by atoms with Gasteiger partial charge >= 0.3 is 6.03 Å². The van der Waals surface area contributed by atoms with Crippen LogP contribution in [-0.2, 0) is 5.54 Å². The monoisotopic (exact) mass is 276 g/mol. The van der Waals surface area contributed by atoms with Crippen molar-refractivity contribution in [2.45, 2.75) is 38.1 Å². The number of rotatable bonds is 2. The second-order valence-corrected chi connectivity index (χ2v) is 6.19. The summed E-state index contributed by atoms with van der Waals surface area (Å²) < 4.78 is 13.3. The van der Waals surface area contributed by atoms with Crippen molar-refractivity contribution in [3.8, 4) is 0 Å². The number of nitrogens with zero attached hydrogens (tertiary/aromatic N) is 1. The second-order valence-electron chi connectivity index (χ2n) is 6.19. The van der Waals surface area contributed by atoms with Gasteiger partial charge in [-0.05, 0) is 49.3 Å². The van der Waals surface area contributed by atoms with Gasteiger partial charge in [-0.1, -0.05) is 19.1 Å². The van der Waals surface area contributed by atoms with E-state index in [0.29, 0.717) is 5.92 Å². The van der Waals surface area contributed by atoms with E-state index < -0.39 is 0 Å². The molecule has 1 saturated heterocycles. The van der Waals surface area contributed by atoms with Crippen LogP contribution in [0.2, 0.25) is 0 Å². The summed E-state index contributed by atoms with van der Waals surface area (Å²) >= 11 is 0. The van der Waals surface area contributed by atoms with Crippen molar-refractivity contribution in [2.75, 3.05) is 13.1 Å². The van der Waals surface area contributed by atoms with Crippen molar-refractivity contribution >= 4 is 6.03 Å². The number of nitrogens with one attached hydrogen (secondary N) is 1. The first-order valence-corrected chi connectivity index (χ1v) is 7.42. The number of benzene rings is 1. The summed E-state index contributed by atoms with van der Waals surface area (Å²) in [6.45, 7) is 3.88. The van der Waals surface area contributed by atoms with Gasteiger partial charge in [0, 0.05) is 13.1 Å². The van der Waals surface area contributed by atoms with Crippen molar-refractivity contribution < 1.29 is 9.18 Å². The van der Waals surface area contributed by atoms with Crippen LogP contribution in [0.1, 0.15) is 38.2 Å². The summed E-state index contributed by atoms with van der Waals surface area (Å²) in [7, 11) is 0. The maximum absolute atomic E-state index is 13.3. The normalized spacial score (nSPS) is 21.6. The fraction of sp³-hybridized carbons (Fsp3) is 0.562. The highest BCUT2D eigenvalue weighted by atomic mass is 19.1. The molecule has 1 aliphatic heterocycles. The van der Waals surface area contributed by atoms with E-state index in [-0.39, 0.29) is 17.4 Å². The zero-order valence-corrected chi connectivity index (χ0v) is 11.9. The Morgan fingerprint density at radius 1 is 1.35 bits per heavy atom. The highest BCUT2D eigenvalue weighted by Gasteiger charge is 2.46. The summed E-state index contributed by atoms with van der Waals surface area (Å²) in [6.07, 6.45) is 3.93. The lowest BCUT2D eigenvalue weighted by molar-refractivity contribution is 0.169. The number of carbonyl (C=O) groups excluding carboxylic acids is 1. The predicted molar refractivity (Wildman–Crippen MR) is 75.8 cm³/mol. The lowest BCUT2D eigenvalue weighted by atomic mass is 9.99. The van der Waals surface area contributed by atoms with E-state index in [2.05, 4.69) is 12.2 Å². The molecule has 1 N–H and O–H groups in total. The fourth-order valence-electron chi connectivity index (χ4n) is 2.89. The van der Waals surface area contributed by atoms with Crippen LogP contribution >= 0.6 is 0 Å². The number of hydrogen-bond donors (Lipinski definition) is 1. The van der Waals surface area contributed by atoms with E-state index in [1.807, 2.05) is 11.0 Å². The lowest BCUT2D eigenvalue weighted by Gasteiger charge is -2.32. The molecule has 0 unspecified atom stereocenters. The highest BCUT2D eigenvalue weighted by molar-refractivity contribution is 5.76. The quantitative estimate of drug-likeness (QED) is 0.883. The molecule has 3 rings (SSSR count). The van der Waals surface area contributed by atoms with Gasteiger partial charge in [0.2, 0.25) is 0 Å². The molecule has 3 nitrogen and oxygen atoms in total. The summed E-state index contributed by atoms with van der Waals surface area (Å²) in [5.41, 5.74) is 0.554. The van der Waals surface area contributed by atoms with E-state index in [1.165, 1.54) is 12.1 Å². The average Bonchev–Trinajstić information content (AvgIpc) is 3.20. The molecular weight excluding hydrogens is 255 g/mol. The van der Waals surface area contributed by atoms with Crippen LogP contribution in [0.5, 0.6) is 0 Å². The van der Waals surface area contributed by atoms with Gasteiger partial charge in [-0.2, -0.15) is 0 Å². The molecule has 2 amide bonds. The molecule has 0 spiro atoms. The Labute approximate surface area is 119 Å². The van der Waals surface area contributed by atoms with Gasteiger partial charge in [-0.3, -0.25) is 0 Å². The first kappa shape index (κ1) is 13.4. The van der Waals surface area contributed by atoms with Crippen LogP contribution in [0.3, 0.4) is 0 Å². The third kappa shape index (κ3) is 2.65. The van der Waals surface area contributed by atoms with Gasteiger partial charge in [-0.15, -0.1) is 0 Å². The summed E-state index contributed by atoms with van der Waals surface area (Å²) in [6, 6.07) is 6.58. The molecule has 1 saturated carbocycles. The largest absolute Gasteiger partial charge is 0.328 e. The third-order valence-electron chi connectivity index (χ3n) is 4.54. The molecule has 2 aliphatic rings. The van der Waals surface area contributed by atoms with Crippen molar-refractivity contribution in [1.82, 2.24) is 10.2 Å². The summed E-state index contributed by atoms with van der Waals surface area (Å²) in [5, 5.41) is 3.12. The third-order valence-corrected chi connectivity index (χ3v) is 4.54. The molecule has 4 heteroatoms. The Balaban J connectivity index is 1.66. The molecule has 1 aliphatic carbocycles. The smallest absolute Gasteiger partial charge is 0.318 e. The van der Waals surface area contributed by atoms with Gasteiger partial charge in [0.05, 0.1) is 5.54 Å². The number of hydrogen-bond acceptors (Lipinski definition) is 1. The molecule has 1 heterocycles. The molecular formula is C16H21FN2O. The van der Waals surface area contributed by atoms with Gasteiger partial charge < -0.3 is 10.2 Å². The minimum absolute atomic E-state index is 0.00124. The van der Waals surface area contributed by atoms with Gasteiger partial charge in [0.25, 0.3) is 0 Å². The Bertz CT molecular complexity index is 505. The molecule has 0 atom stereocenters. The standard InChI is InChI=1S/C16H21FN2O/c1-12-5-9-19(10-6-12)15(20)18-16(7-8-16)13-3-2-4-14(17)11-13/h2-4,11-12H,5-10H2,1H3,(H,18,20). The Morgan fingerprint density at radius 2 is 2.05 bits per heavy atom. The van der Waals surface area contributed by atoms with Gasteiger partial charge in [0.15, 0.2) is 0 Å². The van der Waals surface area contributed by atoms with Crippen LogP contribution in [-0.4, -0.2) is 24.0 Å². The Hall–Kier alpha value is -1.58. The topological polar surface area (TPSA) is 32.3 Å². The average molecular weight is 276 g/mol. The number of halogens is 1. The zero-order valence-electron chi connectivity index (χ0n) is 11.9. The zero-order chi connectivity index (χ0) is 14.2. The van der Waals surface area contributed by atoms with E-state index in [1.54, 1.807) is 6.07 Å². The maximum Gasteiger partial charge on any atom is 0.318 e. The van der Waals surface area contributed by atoms with Gasteiger partial charge in [0.1, 0.15) is 5.82 Å². The number of amides is 2. The van der Waals surface area contributed by atoms with Crippen LogP contribution in [0, 0.1) is 11.7 Å². The summed E-state index contributed by atoms with van der Waals surface area (Å²) in [5.74, 6) is 0.465. The molecule has 0 radical (unpaired) electrons. The van der Waals surface area contributed by atoms with E-state index in [4.69, 9.17) is 0 Å². The first-order chi connectivity index (χ1) is 9.59. The second kappa shape index (κ2) is 5.08. The van der Waals surface area contributed by atoms with Crippen molar-refractivity contribution in [2.24, 2.45) is 5.92 Å². The molecule has 1 aromatic rings. The molecule has 0 bridgehead atoms.